The van der Waals surface area contributed by atoms with Crippen LogP contribution in [0.2, 0.25) is 0 Å². The summed E-state index contributed by atoms with van der Waals surface area (Å²) >= 11 is 0. The second-order valence-electron chi connectivity index (χ2n) is 3.04. The van der Waals surface area contributed by atoms with Gasteiger partial charge in [0.05, 0.1) is 0 Å². The van der Waals surface area contributed by atoms with Gasteiger partial charge in [0.2, 0.25) is 0 Å². The van der Waals surface area contributed by atoms with Gasteiger partial charge in [-0.05, 0) is 12.8 Å². The van der Waals surface area contributed by atoms with Crippen molar-refractivity contribution in [3.05, 3.63) is 0 Å². The lowest BCUT2D eigenvalue weighted by atomic mass is 9.99. The van der Waals surface area contributed by atoms with Gasteiger partial charge in [-0.3, -0.25) is 0 Å². The van der Waals surface area contributed by atoms with Gasteiger partial charge in [-0.1, -0.05) is 13.8 Å². The third-order valence-corrected chi connectivity index (χ3v) is 1.50. The summed E-state index contributed by atoms with van der Waals surface area (Å²) in [5, 5.41) is 9.07. The molecule has 0 saturated heterocycles. The average Bonchev–Trinajstić information content (AvgIpc) is 1.84. The molecule has 0 aromatic carbocycles. The number of alkyl halides is 1. The molecule has 0 amide bonds. The maximum absolute atomic E-state index is 12.8. The predicted molar refractivity (Wildman–Crippen MR) is 39.4 cm³/mol. The van der Waals surface area contributed by atoms with Gasteiger partial charge >= 0.3 is 0 Å². The summed E-state index contributed by atoms with van der Waals surface area (Å²) in [6, 6.07) is -0.489. The van der Waals surface area contributed by atoms with Crippen molar-refractivity contribution < 1.29 is 9.50 Å². The number of aliphatic hydroxyl groups is 1. The average molecular weight is 149 g/mol. The molecule has 62 valence electrons. The van der Waals surface area contributed by atoms with Crippen molar-refractivity contribution in [1.29, 1.82) is 0 Å². The Bertz CT molecular complexity index is 83.6. The molecule has 0 aromatic rings. The molecule has 3 N–H and O–H groups in total. The molecule has 0 saturated carbocycles. The molecule has 2 nitrogen and oxygen atoms in total. The molecule has 10 heavy (non-hydrogen) atoms. The van der Waals surface area contributed by atoms with Crippen LogP contribution in [0.25, 0.3) is 0 Å². The minimum Gasteiger partial charge on any atom is -0.388 e. The van der Waals surface area contributed by atoms with Gasteiger partial charge in [0.1, 0.15) is 12.3 Å². The second kappa shape index (κ2) is 3.88. The Balaban J connectivity index is 3.81. The Kier molecular flexibility index (Phi) is 3.83. The zero-order chi connectivity index (χ0) is 8.31. The van der Waals surface area contributed by atoms with Crippen LogP contribution in [0.15, 0.2) is 0 Å². The Hall–Kier alpha value is -0.150. The van der Waals surface area contributed by atoms with E-state index in [4.69, 9.17) is 10.8 Å². The lowest BCUT2D eigenvalue weighted by Gasteiger charge is -2.21. The Labute approximate surface area is 61.2 Å². The zero-order valence-corrected chi connectivity index (χ0v) is 6.71. The molecule has 3 heteroatoms. The minimum atomic E-state index is -1.21. The van der Waals surface area contributed by atoms with E-state index in [1.54, 1.807) is 20.8 Å². The second-order valence-corrected chi connectivity index (χ2v) is 3.04. The highest BCUT2D eigenvalue weighted by atomic mass is 19.1. The number of nitrogens with two attached hydrogens (primary N) is 1. The van der Waals surface area contributed by atoms with Crippen molar-refractivity contribution in [2.75, 3.05) is 0 Å². The van der Waals surface area contributed by atoms with E-state index < -0.39 is 18.3 Å². The number of aliphatic hydroxyl groups excluding tert-OH is 1. The van der Waals surface area contributed by atoms with Crippen LogP contribution in [0, 0.1) is 5.92 Å². The molecule has 0 spiro atoms. The number of halogens is 1. The first-order valence-electron chi connectivity index (χ1n) is 3.54. The van der Waals surface area contributed by atoms with Crippen LogP contribution < -0.4 is 5.73 Å². The van der Waals surface area contributed by atoms with E-state index in [0.717, 1.165) is 0 Å². The maximum atomic E-state index is 12.8. The first-order valence-corrected chi connectivity index (χ1v) is 3.54. The Morgan fingerprint density at radius 2 is 1.70 bits per heavy atom. The third kappa shape index (κ3) is 2.62. The van der Waals surface area contributed by atoms with Crippen LogP contribution >= 0.6 is 0 Å². The molecule has 0 aliphatic carbocycles. The van der Waals surface area contributed by atoms with Crippen molar-refractivity contribution in [2.45, 2.75) is 39.1 Å². The first kappa shape index (κ1) is 9.85. The summed E-state index contributed by atoms with van der Waals surface area (Å²) in [5.41, 5.74) is 5.28. The van der Waals surface area contributed by atoms with E-state index >= 15 is 0 Å². The van der Waals surface area contributed by atoms with Gasteiger partial charge in [0.15, 0.2) is 0 Å². The van der Waals surface area contributed by atoms with Crippen LogP contribution in [0.4, 0.5) is 4.39 Å². The quantitative estimate of drug-likeness (QED) is 0.620. The zero-order valence-electron chi connectivity index (χ0n) is 6.71. The fourth-order valence-electron chi connectivity index (χ4n) is 0.684. The highest BCUT2D eigenvalue weighted by Crippen LogP contribution is 2.12. The van der Waals surface area contributed by atoms with Crippen LogP contribution in [-0.4, -0.2) is 23.4 Å². The summed E-state index contributed by atoms with van der Waals surface area (Å²) in [7, 11) is 0. The van der Waals surface area contributed by atoms with Crippen LogP contribution in [0.1, 0.15) is 20.8 Å². The van der Waals surface area contributed by atoms with Crippen molar-refractivity contribution in [2.24, 2.45) is 11.7 Å². The SMILES string of the molecule is CC(C)C(F)C(O)C(C)N. The highest BCUT2D eigenvalue weighted by Gasteiger charge is 2.24. The number of hydrogen-bond acceptors (Lipinski definition) is 2. The maximum Gasteiger partial charge on any atom is 0.130 e. The first-order chi connectivity index (χ1) is 4.46. The van der Waals surface area contributed by atoms with E-state index in [-0.39, 0.29) is 5.92 Å². The van der Waals surface area contributed by atoms with Crippen LogP contribution in [-0.2, 0) is 0 Å². The topological polar surface area (TPSA) is 46.2 Å². The van der Waals surface area contributed by atoms with Gasteiger partial charge in [-0.2, -0.15) is 0 Å². The van der Waals surface area contributed by atoms with Gasteiger partial charge in [-0.25, -0.2) is 4.39 Å². The molecule has 0 aliphatic heterocycles. The summed E-state index contributed by atoms with van der Waals surface area (Å²) in [6.45, 7) is 5.03. The van der Waals surface area contributed by atoms with E-state index in [1.165, 1.54) is 0 Å². The van der Waals surface area contributed by atoms with E-state index in [0.29, 0.717) is 0 Å². The molecule has 0 heterocycles. The third-order valence-electron chi connectivity index (χ3n) is 1.50. The minimum absolute atomic E-state index is 0.166. The van der Waals surface area contributed by atoms with Crippen molar-refractivity contribution >= 4 is 0 Å². The lowest BCUT2D eigenvalue weighted by Crippen LogP contribution is -2.41. The fourth-order valence-corrected chi connectivity index (χ4v) is 0.684. The molecule has 3 atom stereocenters. The Morgan fingerprint density at radius 1 is 1.30 bits per heavy atom. The summed E-state index contributed by atoms with van der Waals surface area (Å²) in [6.07, 6.45) is -2.24. The van der Waals surface area contributed by atoms with Crippen LogP contribution in [0.3, 0.4) is 0 Å². The van der Waals surface area contributed by atoms with Crippen molar-refractivity contribution in [1.82, 2.24) is 0 Å². The molecule has 0 bridgehead atoms. The fraction of sp³-hybridized carbons (Fsp3) is 1.00. The smallest absolute Gasteiger partial charge is 0.130 e. The highest BCUT2D eigenvalue weighted by molar-refractivity contribution is 4.77. The van der Waals surface area contributed by atoms with Crippen molar-refractivity contribution in [3.63, 3.8) is 0 Å². The molecule has 3 unspecified atom stereocenters. The Morgan fingerprint density at radius 3 is 1.80 bits per heavy atom. The number of hydrogen-bond donors (Lipinski definition) is 2. The standard InChI is InChI=1S/C7H16FNO/c1-4(2)6(8)7(10)5(3)9/h4-7,10H,9H2,1-3H3. The van der Waals surface area contributed by atoms with Crippen molar-refractivity contribution in [3.8, 4) is 0 Å². The largest absolute Gasteiger partial charge is 0.388 e. The van der Waals surface area contributed by atoms with Gasteiger partial charge < -0.3 is 10.8 Å². The number of rotatable bonds is 3. The molecular weight excluding hydrogens is 133 g/mol. The molecule has 0 aromatic heterocycles. The molecule has 0 radical (unpaired) electrons. The predicted octanol–water partition coefficient (Wildman–Crippen LogP) is 0.689. The molecule has 0 aliphatic rings. The van der Waals surface area contributed by atoms with Gasteiger partial charge in [-0.15, -0.1) is 0 Å². The summed E-state index contributed by atoms with van der Waals surface area (Å²) in [5.74, 6) is -0.166. The lowest BCUT2D eigenvalue weighted by molar-refractivity contribution is 0.0366. The van der Waals surface area contributed by atoms with E-state index in [2.05, 4.69) is 0 Å². The van der Waals surface area contributed by atoms with E-state index in [9.17, 15) is 4.39 Å². The summed E-state index contributed by atoms with van der Waals surface area (Å²) in [4.78, 5) is 0. The van der Waals surface area contributed by atoms with Crippen LogP contribution in [0.5, 0.6) is 0 Å². The summed E-state index contributed by atoms with van der Waals surface area (Å²) < 4.78 is 12.8. The van der Waals surface area contributed by atoms with E-state index in [1.807, 2.05) is 0 Å². The normalized spacial score (nSPS) is 20.7. The monoisotopic (exact) mass is 149 g/mol. The van der Waals surface area contributed by atoms with Gasteiger partial charge in [0, 0.05) is 6.04 Å². The molecule has 0 fully saturated rings. The van der Waals surface area contributed by atoms with Gasteiger partial charge in [0.25, 0.3) is 0 Å². The molecular formula is C7H16FNO. The molecule has 0 rings (SSSR count).